The molecule has 0 spiro atoms. The van der Waals surface area contributed by atoms with Gasteiger partial charge in [-0.3, -0.25) is 8.42 Å². The topological polar surface area (TPSA) is 89.1 Å². The van der Waals surface area contributed by atoms with Crippen LogP contribution in [0.4, 0.5) is 0 Å². The maximum absolute atomic E-state index is 8.52. The van der Waals surface area contributed by atoms with Crippen LogP contribution in [0, 0.1) is 0 Å². The van der Waals surface area contributed by atoms with Gasteiger partial charge in [-0.15, -0.1) is 0 Å². The van der Waals surface area contributed by atoms with Gasteiger partial charge >= 0.3 is 0 Å². The molecule has 61 heavy (non-hydrogen) atoms. The second kappa shape index (κ2) is 43.5. The summed E-state index contributed by atoms with van der Waals surface area (Å²) in [5.74, 6) is 0. The number of benzene rings is 2. The fourth-order valence-electron chi connectivity index (χ4n) is 8.22. The van der Waals surface area contributed by atoms with E-state index in [1.54, 1.807) is 0 Å². The fraction of sp³-hybridized carbons (Fsp3) is 0.778. The summed E-state index contributed by atoms with van der Waals surface area (Å²) in [4.78, 5) is 2.98. The molecule has 0 aliphatic carbocycles. The van der Waals surface area contributed by atoms with E-state index in [9.17, 15) is 0 Å². The first kappa shape index (κ1) is 59.2. The van der Waals surface area contributed by atoms with Gasteiger partial charge in [0.05, 0.1) is 28.2 Å². The molecule has 2 aromatic rings. The predicted octanol–water partition coefficient (Wildman–Crippen LogP) is 12.9. The van der Waals surface area contributed by atoms with Crippen LogP contribution in [0.1, 0.15) is 242 Å². The molecule has 0 bridgehead atoms. The largest absolute Gasteiger partial charge is 0.759 e. The number of nitrogens with one attached hydrogen (secondary N) is 2. The van der Waals surface area contributed by atoms with Crippen LogP contribution in [0.15, 0.2) is 48.5 Å². The summed E-state index contributed by atoms with van der Waals surface area (Å²) in [6, 6.07) is 18.6. The number of rotatable bonds is 38. The minimum absolute atomic E-state index is 1.12. The molecule has 7 heteroatoms. The lowest BCUT2D eigenvalue weighted by atomic mass is 10.0. The van der Waals surface area contributed by atoms with Crippen molar-refractivity contribution in [2.24, 2.45) is 0 Å². The van der Waals surface area contributed by atoms with Crippen LogP contribution in [-0.4, -0.2) is 45.7 Å². The van der Waals surface area contributed by atoms with E-state index in [1.807, 2.05) is 0 Å². The minimum Gasteiger partial charge on any atom is -0.759 e. The Balaban J connectivity index is 0.00000106. The Kier molecular flexibility index (Phi) is 42.2. The van der Waals surface area contributed by atoms with Crippen molar-refractivity contribution >= 4 is 10.4 Å². The second-order valence-corrected chi connectivity index (χ2v) is 19.7. The Bertz CT molecular complexity index is 1190. The monoisotopic (exact) mass is 873 g/mol. The Labute approximate surface area is 380 Å². The molecule has 0 aliphatic heterocycles. The SMILES string of the molecule is CCCCCCCCCCCCCCCCCCc1ccc(C[NH+](C)C)cc1.CCCCCCCCCCCCCCCCCCc1ccc(C[NH+](C)C)cc1.O=S(=O)([O-])[O-]. The molecule has 0 heterocycles. The summed E-state index contributed by atoms with van der Waals surface area (Å²) >= 11 is 0. The van der Waals surface area contributed by atoms with E-state index in [-0.39, 0.29) is 0 Å². The van der Waals surface area contributed by atoms with E-state index < -0.39 is 10.4 Å². The summed E-state index contributed by atoms with van der Waals surface area (Å²) in [7, 11) is 3.68. The van der Waals surface area contributed by atoms with Gasteiger partial charge in [-0.1, -0.05) is 255 Å². The molecule has 356 valence electrons. The molecule has 0 amide bonds. The number of aryl methyl sites for hydroxylation is 2. The van der Waals surface area contributed by atoms with Crippen molar-refractivity contribution in [1.82, 2.24) is 0 Å². The number of quaternary nitrogens is 2. The fourth-order valence-corrected chi connectivity index (χ4v) is 8.22. The lowest BCUT2D eigenvalue weighted by Crippen LogP contribution is -3.04. The molecule has 0 aliphatic rings. The van der Waals surface area contributed by atoms with Crippen LogP contribution in [0.25, 0.3) is 0 Å². The number of hydrogen-bond donors (Lipinski definition) is 2. The quantitative estimate of drug-likeness (QED) is 0.0400. The van der Waals surface area contributed by atoms with Crippen molar-refractivity contribution in [3.63, 3.8) is 0 Å². The van der Waals surface area contributed by atoms with Crippen LogP contribution in [0.3, 0.4) is 0 Å². The minimum atomic E-state index is -5.17. The molecular formula is C54H100N2O4S. The predicted molar refractivity (Wildman–Crippen MR) is 263 cm³/mol. The molecule has 0 aromatic heterocycles. The highest BCUT2D eigenvalue weighted by Crippen LogP contribution is 2.17. The van der Waals surface area contributed by atoms with Gasteiger partial charge in [-0.25, -0.2) is 0 Å². The summed E-state index contributed by atoms with van der Waals surface area (Å²) in [6.45, 7) is 6.85. The molecule has 2 rings (SSSR count). The summed E-state index contributed by atoms with van der Waals surface area (Å²) < 4.78 is 34.1. The van der Waals surface area contributed by atoms with E-state index in [2.05, 4.69) is 90.6 Å². The first-order valence-electron chi connectivity index (χ1n) is 25.8. The van der Waals surface area contributed by atoms with Crippen LogP contribution < -0.4 is 9.80 Å². The highest BCUT2D eigenvalue weighted by atomic mass is 32.3. The third-order valence-corrected chi connectivity index (χ3v) is 11.8. The number of unbranched alkanes of at least 4 members (excludes halogenated alkanes) is 30. The highest BCUT2D eigenvalue weighted by Gasteiger charge is 2.02. The van der Waals surface area contributed by atoms with Crippen molar-refractivity contribution in [1.29, 1.82) is 0 Å². The Morgan fingerprint density at radius 3 is 0.672 bits per heavy atom. The Morgan fingerprint density at radius 2 is 0.492 bits per heavy atom. The van der Waals surface area contributed by atoms with E-state index in [0.717, 1.165) is 13.1 Å². The zero-order chi connectivity index (χ0) is 45.1. The maximum atomic E-state index is 8.52. The van der Waals surface area contributed by atoms with Crippen molar-refractivity contribution in [3.8, 4) is 0 Å². The van der Waals surface area contributed by atoms with Gasteiger partial charge in [0.2, 0.25) is 0 Å². The van der Waals surface area contributed by atoms with Crippen LogP contribution in [-0.2, 0) is 36.3 Å². The second-order valence-electron chi connectivity index (χ2n) is 18.9. The third-order valence-electron chi connectivity index (χ3n) is 11.8. The van der Waals surface area contributed by atoms with E-state index in [1.165, 1.54) is 250 Å². The molecule has 0 unspecified atom stereocenters. The van der Waals surface area contributed by atoms with Gasteiger partial charge in [0.1, 0.15) is 13.1 Å². The lowest BCUT2D eigenvalue weighted by molar-refractivity contribution is -0.872. The molecule has 2 aromatic carbocycles. The van der Waals surface area contributed by atoms with Crippen molar-refractivity contribution in [2.45, 2.75) is 245 Å². The van der Waals surface area contributed by atoms with Gasteiger partial charge in [-0.2, -0.15) is 0 Å². The molecule has 0 saturated carbocycles. The van der Waals surface area contributed by atoms with Crippen molar-refractivity contribution < 1.29 is 27.3 Å². The molecule has 0 atom stereocenters. The molecule has 0 saturated heterocycles. The zero-order valence-corrected chi connectivity index (χ0v) is 41.9. The normalized spacial score (nSPS) is 11.4. The average Bonchev–Trinajstić information content (AvgIpc) is 3.21. The molecular weight excluding hydrogens is 773 g/mol. The Hall–Kier alpha value is -1.77. The lowest BCUT2D eigenvalue weighted by Gasteiger charge is -2.08. The number of hydrogen-bond acceptors (Lipinski definition) is 4. The van der Waals surface area contributed by atoms with Crippen LogP contribution >= 0.6 is 0 Å². The summed E-state index contributed by atoms with van der Waals surface area (Å²) in [5.41, 5.74) is 5.94. The van der Waals surface area contributed by atoms with Gasteiger partial charge in [-0.05, 0) is 36.8 Å². The summed E-state index contributed by atoms with van der Waals surface area (Å²) in [6.07, 6.45) is 48.8. The average molecular weight is 873 g/mol. The van der Waals surface area contributed by atoms with E-state index in [4.69, 9.17) is 17.5 Å². The van der Waals surface area contributed by atoms with Crippen molar-refractivity contribution in [3.05, 3.63) is 70.8 Å². The first-order valence-corrected chi connectivity index (χ1v) is 27.2. The third kappa shape index (κ3) is 47.5. The first-order chi connectivity index (χ1) is 29.4. The smallest absolute Gasteiger partial charge is 0.102 e. The van der Waals surface area contributed by atoms with Gasteiger partial charge in [0.15, 0.2) is 0 Å². The Morgan fingerprint density at radius 1 is 0.328 bits per heavy atom. The maximum Gasteiger partial charge on any atom is 0.102 e. The molecule has 0 radical (unpaired) electrons. The summed E-state index contributed by atoms with van der Waals surface area (Å²) in [5, 5.41) is 0. The van der Waals surface area contributed by atoms with Gasteiger partial charge in [0.25, 0.3) is 0 Å². The van der Waals surface area contributed by atoms with Crippen LogP contribution in [0.5, 0.6) is 0 Å². The zero-order valence-electron chi connectivity index (χ0n) is 41.1. The van der Waals surface area contributed by atoms with Crippen molar-refractivity contribution in [2.75, 3.05) is 28.2 Å². The van der Waals surface area contributed by atoms with Crippen LogP contribution in [0.2, 0.25) is 0 Å². The standard InChI is InChI=1S/2C27H49N.H2O4S/c2*1-4-5-6-7-8-9-10-11-12-13-14-15-16-17-18-19-20-26-21-23-27(24-22-26)25-28(2)3;1-5(2,3)4/h2*21-24H,4-20,25H2,1-3H3;(H2,1,2,3,4). The van der Waals surface area contributed by atoms with E-state index >= 15 is 0 Å². The molecule has 0 fully saturated rings. The van der Waals surface area contributed by atoms with Gasteiger partial charge in [0, 0.05) is 21.5 Å². The van der Waals surface area contributed by atoms with E-state index in [0.29, 0.717) is 0 Å². The highest BCUT2D eigenvalue weighted by molar-refractivity contribution is 7.79. The molecule has 2 N–H and O–H groups in total. The van der Waals surface area contributed by atoms with Gasteiger partial charge < -0.3 is 18.9 Å². The molecule has 6 nitrogen and oxygen atoms in total.